The van der Waals surface area contributed by atoms with Crippen molar-refractivity contribution in [2.75, 3.05) is 25.5 Å². The minimum atomic E-state index is -0.396. The Bertz CT molecular complexity index is 421. The molecule has 1 aromatic rings. The Labute approximate surface area is 120 Å². The van der Waals surface area contributed by atoms with Crippen molar-refractivity contribution in [3.63, 3.8) is 0 Å². The van der Waals surface area contributed by atoms with E-state index in [0.29, 0.717) is 12.4 Å². The summed E-state index contributed by atoms with van der Waals surface area (Å²) in [7, 11) is 1.76. The summed E-state index contributed by atoms with van der Waals surface area (Å²) in [5.41, 5.74) is 0. The molecule has 0 bridgehead atoms. The Balaban J connectivity index is 2.57. The van der Waals surface area contributed by atoms with E-state index in [2.05, 4.69) is 27.8 Å². The lowest BCUT2D eigenvalue weighted by atomic mass is 10.3. The Kier molecular flexibility index (Phi) is 6.44. The van der Waals surface area contributed by atoms with Crippen LogP contribution in [0.15, 0.2) is 4.42 Å². The van der Waals surface area contributed by atoms with Gasteiger partial charge in [0.1, 0.15) is 6.04 Å². The summed E-state index contributed by atoms with van der Waals surface area (Å²) in [6, 6.07) is -0.120. The molecule has 0 aliphatic heterocycles. The summed E-state index contributed by atoms with van der Waals surface area (Å²) in [5, 5.41) is 14.1. The number of hydrogen-bond donors (Lipinski definition) is 2. The standard InChI is InChI=1S/C13H25N5O2/c1-6-8-14-9(3)11-16-17-13(20-11)15-10(4)12(19)18(5)7-2/h9-10,14H,6-8H2,1-5H3,(H,15,17). The van der Waals surface area contributed by atoms with Gasteiger partial charge in [-0.1, -0.05) is 12.0 Å². The second kappa shape index (κ2) is 7.84. The van der Waals surface area contributed by atoms with Crippen LogP contribution >= 0.6 is 0 Å². The first-order chi connectivity index (χ1) is 9.49. The summed E-state index contributed by atoms with van der Waals surface area (Å²) in [5.74, 6) is 0.508. The van der Waals surface area contributed by atoms with Crippen LogP contribution in [0.5, 0.6) is 0 Å². The molecule has 0 saturated heterocycles. The molecule has 2 N–H and O–H groups in total. The van der Waals surface area contributed by atoms with E-state index < -0.39 is 6.04 Å². The predicted octanol–water partition coefficient (Wildman–Crippen LogP) is 1.41. The Morgan fingerprint density at radius 2 is 2.05 bits per heavy atom. The van der Waals surface area contributed by atoms with Gasteiger partial charge < -0.3 is 20.0 Å². The van der Waals surface area contributed by atoms with Crippen molar-refractivity contribution in [2.24, 2.45) is 0 Å². The van der Waals surface area contributed by atoms with E-state index in [4.69, 9.17) is 4.42 Å². The van der Waals surface area contributed by atoms with Crippen LogP contribution in [-0.2, 0) is 4.79 Å². The molecular weight excluding hydrogens is 258 g/mol. The number of nitrogens with zero attached hydrogens (tertiary/aromatic N) is 3. The molecule has 0 aliphatic rings. The molecule has 2 atom stereocenters. The number of amides is 1. The number of hydrogen-bond acceptors (Lipinski definition) is 6. The smallest absolute Gasteiger partial charge is 0.316 e. The highest BCUT2D eigenvalue weighted by Gasteiger charge is 2.19. The number of nitrogens with one attached hydrogen (secondary N) is 2. The zero-order chi connectivity index (χ0) is 15.1. The van der Waals surface area contributed by atoms with Crippen LogP contribution in [0.3, 0.4) is 0 Å². The molecule has 114 valence electrons. The zero-order valence-corrected chi connectivity index (χ0v) is 12.9. The fourth-order valence-corrected chi connectivity index (χ4v) is 1.65. The topological polar surface area (TPSA) is 83.3 Å². The molecule has 0 aromatic carbocycles. The molecule has 0 radical (unpaired) electrons. The molecule has 20 heavy (non-hydrogen) atoms. The summed E-state index contributed by atoms with van der Waals surface area (Å²) >= 11 is 0. The van der Waals surface area contributed by atoms with Crippen LogP contribution in [-0.4, -0.2) is 47.2 Å². The molecule has 7 nitrogen and oxygen atoms in total. The van der Waals surface area contributed by atoms with Crippen LogP contribution in [0.4, 0.5) is 6.01 Å². The van der Waals surface area contributed by atoms with E-state index in [9.17, 15) is 4.79 Å². The van der Waals surface area contributed by atoms with Crippen LogP contribution in [0.1, 0.15) is 46.0 Å². The molecular formula is C13H25N5O2. The van der Waals surface area contributed by atoms with Crippen molar-refractivity contribution in [1.82, 2.24) is 20.4 Å². The molecule has 0 spiro atoms. The van der Waals surface area contributed by atoms with Gasteiger partial charge in [0.2, 0.25) is 11.8 Å². The van der Waals surface area contributed by atoms with Gasteiger partial charge in [0.15, 0.2) is 0 Å². The molecule has 0 aliphatic carbocycles. The van der Waals surface area contributed by atoms with E-state index in [0.717, 1.165) is 13.0 Å². The summed E-state index contributed by atoms with van der Waals surface area (Å²) in [4.78, 5) is 13.6. The lowest BCUT2D eigenvalue weighted by Gasteiger charge is -2.19. The van der Waals surface area contributed by atoms with Crippen LogP contribution in [0.25, 0.3) is 0 Å². The van der Waals surface area contributed by atoms with E-state index in [1.54, 1.807) is 18.9 Å². The molecule has 1 rings (SSSR count). The fourth-order valence-electron chi connectivity index (χ4n) is 1.65. The molecule has 1 amide bonds. The first-order valence-corrected chi connectivity index (χ1v) is 7.07. The monoisotopic (exact) mass is 283 g/mol. The maximum atomic E-state index is 11.9. The quantitative estimate of drug-likeness (QED) is 0.750. The van der Waals surface area contributed by atoms with Crippen molar-refractivity contribution < 1.29 is 9.21 Å². The van der Waals surface area contributed by atoms with Gasteiger partial charge in [0.05, 0.1) is 6.04 Å². The van der Waals surface area contributed by atoms with Gasteiger partial charge in [0.25, 0.3) is 0 Å². The van der Waals surface area contributed by atoms with Gasteiger partial charge in [-0.3, -0.25) is 4.79 Å². The number of aromatic nitrogens is 2. The van der Waals surface area contributed by atoms with Crippen molar-refractivity contribution in [3.05, 3.63) is 5.89 Å². The SMILES string of the molecule is CCCNC(C)c1nnc(NC(C)C(=O)N(C)CC)o1. The third-order valence-corrected chi connectivity index (χ3v) is 3.07. The first kappa shape index (κ1) is 16.4. The van der Waals surface area contributed by atoms with Crippen molar-refractivity contribution in [2.45, 2.75) is 46.2 Å². The largest absolute Gasteiger partial charge is 0.406 e. The summed E-state index contributed by atoms with van der Waals surface area (Å²) in [6.07, 6.45) is 1.04. The highest BCUT2D eigenvalue weighted by Crippen LogP contribution is 2.14. The number of likely N-dealkylation sites (N-methyl/N-ethyl adjacent to an activating group) is 1. The third-order valence-electron chi connectivity index (χ3n) is 3.07. The molecule has 7 heteroatoms. The number of rotatable bonds is 8. The van der Waals surface area contributed by atoms with Gasteiger partial charge in [0, 0.05) is 13.6 Å². The average Bonchev–Trinajstić information content (AvgIpc) is 2.91. The highest BCUT2D eigenvalue weighted by atomic mass is 16.4. The van der Waals surface area contributed by atoms with Gasteiger partial charge in [-0.05, 0) is 33.7 Å². The van der Waals surface area contributed by atoms with E-state index in [-0.39, 0.29) is 18.0 Å². The highest BCUT2D eigenvalue weighted by molar-refractivity contribution is 5.83. The minimum absolute atomic E-state index is 0.00215. The maximum absolute atomic E-state index is 11.9. The Hall–Kier alpha value is -1.63. The lowest BCUT2D eigenvalue weighted by molar-refractivity contribution is -0.130. The van der Waals surface area contributed by atoms with Crippen LogP contribution in [0, 0.1) is 0 Å². The van der Waals surface area contributed by atoms with E-state index in [1.165, 1.54) is 0 Å². The molecule has 0 saturated carbocycles. The van der Waals surface area contributed by atoms with Gasteiger partial charge in [-0.25, -0.2) is 0 Å². The molecule has 2 unspecified atom stereocenters. The van der Waals surface area contributed by atoms with Crippen molar-refractivity contribution >= 4 is 11.9 Å². The normalized spacial score (nSPS) is 13.8. The van der Waals surface area contributed by atoms with Crippen molar-refractivity contribution in [3.8, 4) is 0 Å². The third kappa shape index (κ3) is 4.48. The molecule has 1 heterocycles. The Morgan fingerprint density at radius 1 is 1.35 bits per heavy atom. The Morgan fingerprint density at radius 3 is 2.65 bits per heavy atom. The second-order valence-electron chi connectivity index (χ2n) is 4.84. The first-order valence-electron chi connectivity index (χ1n) is 7.07. The average molecular weight is 283 g/mol. The van der Waals surface area contributed by atoms with Gasteiger partial charge >= 0.3 is 6.01 Å². The lowest BCUT2D eigenvalue weighted by Crippen LogP contribution is -2.38. The van der Waals surface area contributed by atoms with Crippen LogP contribution in [0.2, 0.25) is 0 Å². The predicted molar refractivity (Wildman–Crippen MR) is 77.4 cm³/mol. The zero-order valence-electron chi connectivity index (χ0n) is 12.9. The summed E-state index contributed by atoms with van der Waals surface area (Å²) in [6.45, 7) is 9.32. The fraction of sp³-hybridized carbons (Fsp3) is 0.769. The van der Waals surface area contributed by atoms with Crippen LogP contribution < -0.4 is 10.6 Å². The van der Waals surface area contributed by atoms with Gasteiger partial charge in [-0.15, -0.1) is 5.10 Å². The number of carbonyl (C=O) groups is 1. The second-order valence-corrected chi connectivity index (χ2v) is 4.84. The van der Waals surface area contributed by atoms with E-state index in [1.807, 2.05) is 13.8 Å². The van der Waals surface area contributed by atoms with Gasteiger partial charge in [-0.2, -0.15) is 0 Å². The molecule has 0 fully saturated rings. The number of anilines is 1. The van der Waals surface area contributed by atoms with Crippen molar-refractivity contribution in [1.29, 1.82) is 0 Å². The molecule has 1 aromatic heterocycles. The number of carbonyl (C=O) groups excluding carboxylic acids is 1. The maximum Gasteiger partial charge on any atom is 0.316 e. The van der Waals surface area contributed by atoms with E-state index >= 15 is 0 Å². The minimum Gasteiger partial charge on any atom is -0.406 e. The summed E-state index contributed by atoms with van der Waals surface area (Å²) < 4.78 is 5.51.